The highest BCUT2D eigenvalue weighted by Crippen LogP contribution is 2.27. The van der Waals surface area contributed by atoms with Crippen molar-refractivity contribution in [2.75, 3.05) is 0 Å². The van der Waals surface area contributed by atoms with Gasteiger partial charge >= 0.3 is 0 Å². The molecule has 4 nitrogen and oxygen atoms in total. The van der Waals surface area contributed by atoms with Crippen LogP contribution in [0.4, 0.5) is 5.69 Å². The average Bonchev–Trinajstić information content (AvgIpc) is 2.98. The molecule has 4 heteroatoms. The summed E-state index contributed by atoms with van der Waals surface area (Å²) >= 11 is 0. The lowest BCUT2D eigenvalue weighted by Crippen LogP contribution is -2.20. The molecule has 1 heterocycles. The van der Waals surface area contributed by atoms with E-state index in [4.69, 9.17) is 4.99 Å². The highest BCUT2D eigenvalue weighted by Gasteiger charge is 2.19. The van der Waals surface area contributed by atoms with Gasteiger partial charge in [0, 0.05) is 6.42 Å². The first-order chi connectivity index (χ1) is 12.3. The summed E-state index contributed by atoms with van der Waals surface area (Å²) in [5.41, 5.74) is 4.37. The third kappa shape index (κ3) is 4.57. The molecule has 1 aromatic heterocycles. The number of aliphatic imine (C=N–C) groups is 1. The molecule has 2 aromatic carbocycles. The van der Waals surface area contributed by atoms with Crippen molar-refractivity contribution >= 4 is 22.6 Å². The fraction of sp³-hybridized carbons (Fsp3) is 0.409. The molecule has 0 saturated heterocycles. The van der Waals surface area contributed by atoms with Gasteiger partial charge in [0.15, 0.2) is 0 Å². The molecule has 1 unspecified atom stereocenters. The third-order valence-electron chi connectivity index (χ3n) is 4.38. The molecule has 26 heavy (non-hydrogen) atoms. The van der Waals surface area contributed by atoms with Crippen LogP contribution in [0.5, 0.6) is 0 Å². The van der Waals surface area contributed by atoms with Crippen molar-refractivity contribution in [2.24, 2.45) is 16.3 Å². The molecule has 0 fully saturated rings. The summed E-state index contributed by atoms with van der Waals surface area (Å²) in [5, 5.41) is 8.70. The highest BCUT2D eigenvalue weighted by molar-refractivity contribution is 5.93. The average molecular weight is 348 g/mol. The lowest BCUT2D eigenvalue weighted by atomic mass is 9.84. The minimum atomic E-state index is 0.290. The minimum absolute atomic E-state index is 0.290. The zero-order chi connectivity index (χ0) is 18.7. The second kappa shape index (κ2) is 7.40. The number of aromatic nitrogens is 3. The Bertz CT molecular complexity index is 898. The zero-order valence-electron chi connectivity index (χ0n) is 16.4. The van der Waals surface area contributed by atoms with Gasteiger partial charge < -0.3 is 0 Å². The van der Waals surface area contributed by atoms with E-state index in [9.17, 15) is 0 Å². The van der Waals surface area contributed by atoms with Crippen LogP contribution in [-0.4, -0.2) is 20.8 Å². The van der Waals surface area contributed by atoms with Crippen molar-refractivity contribution in [1.82, 2.24) is 15.0 Å². The SMILES string of the molecule is Cc1ccc(N=C(CC(C)CC(C)(C)C)n2nnc3ccccc32)cc1. The van der Waals surface area contributed by atoms with Crippen molar-refractivity contribution in [1.29, 1.82) is 0 Å². The van der Waals surface area contributed by atoms with Crippen molar-refractivity contribution in [3.63, 3.8) is 0 Å². The Balaban J connectivity index is 2.00. The topological polar surface area (TPSA) is 43.1 Å². The summed E-state index contributed by atoms with van der Waals surface area (Å²) in [6.07, 6.45) is 1.99. The fourth-order valence-corrected chi connectivity index (χ4v) is 3.44. The molecule has 0 radical (unpaired) electrons. The van der Waals surface area contributed by atoms with Crippen molar-refractivity contribution in [2.45, 2.75) is 47.5 Å². The Morgan fingerprint density at radius 2 is 1.77 bits per heavy atom. The van der Waals surface area contributed by atoms with Crippen LogP contribution in [0, 0.1) is 18.3 Å². The molecule has 3 rings (SSSR count). The number of nitrogens with zero attached hydrogens (tertiary/aromatic N) is 4. The van der Waals surface area contributed by atoms with Crippen LogP contribution in [-0.2, 0) is 0 Å². The monoisotopic (exact) mass is 348 g/mol. The summed E-state index contributed by atoms with van der Waals surface area (Å²) < 4.78 is 1.90. The molecule has 0 aliphatic rings. The molecule has 0 aliphatic carbocycles. The molecule has 1 atom stereocenters. The van der Waals surface area contributed by atoms with Crippen molar-refractivity contribution in [3.05, 3.63) is 54.1 Å². The highest BCUT2D eigenvalue weighted by atomic mass is 15.4. The molecular weight excluding hydrogens is 320 g/mol. The molecule has 0 N–H and O–H groups in total. The molecule has 3 aromatic rings. The van der Waals surface area contributed by atoms with Gasteiger partial charge in [0.1, 0.15) is 11.4 Å². The summed E-state index contributed by atoms with van der Waals surface area (Å²) in [4.78, 5) is 4.94. The predicted molar refractivity (Wildman–Crippen MR) is 109 cm³/mol. The fourth-order valence-electron chi connectivity index (χ4n) is 3.44. The Labute approximate surface area is 156 Å². The molecule has 0 amide bonds. The van der Waals surface area contributed by atoms with Crippen LogP contribution in [0.3, 0.4) is 0 Å². The Morgan fingerprint density at radius 3 is 2.46 bits per heavy atom. The number of rotatable bonds is 4. The maximum atomic E-state index is 4.94. The Hall–Kier alpha value is -2.49. The number of hydrogen-bond acceptors (Lipinski definition) is 3. The van der Waals surface area contributed by atoms with Gasteiger partial charge in [-0.05, 0) is 48.9 Å². The minimum Gasteiger partial charge on any atom is -0.233 e. The lowest BCUT2D eigenvalue weighted by Gasteiger charge is -2.23. The number of para-hydroxylation sites is 1. The van der Waals surface area contributed by atoms with Gasteiger partial charge in [0.25, 0.3) is 0 Å². The smallest absolute Gasteiger partial charge is 0.133 e. The first-order valence-corrected chi connectivity index (χ1v) is 9.27. The van der Waals surface area contributed by atoms with Gasteiger partial charge in [-0.2, -0.15) is 4.68 Å². The normalized spacial score (nSPS) is 14.0. The molecule has 0 saturated carbocycles. The van der Waals surface area contributed by atoms with E-state index < -0.39 is 0 Å². The van der Waals surface area contributed by atoms with E-state index in [0.717, 1.165) is 35.4 Å². The largest absolute Gasteiger partial charge is 0.233 e. The van der Waals surface area contributed by atoms with Gasteiger partial charge in [0.2, 0.25) is 0 Å². The second-order valence-electron chi connectivity index (χ2n) is 8.43. The van der Waals surface area contributed by atoms with E-state index in [1.54, 1.807) is 0 Å². The van der Waals surface area contributed by atoms with Crippen LogP contribution in [0.1, 0.15) is 46.1 Å². The standard InChI is InChI=1S/C22H28N4/c1-16-10-12-18(13-11-16)23-21(14-17(2)15-22(3,4)5)26-20-9-7-6-8-19(20)24-25-26/h6-13,17H,14-15H2,1-5H3. The van der Waals surface area contributed by atoms with Crippen LogP contribution in [0.2, 0.25) is 0 Å². The van der Waals surface area contributed by atoms with E-state index in [2.05, 4.69) is 75.3 Å². The summed E-state index contributed by atoms with van der Waals surface area (Å²) in [6, 6.07) is 16.3. The summed E-state index contributed by atoms with van der Waals surface area (Å²) in [7, 11) is 0. The summed E-state index contributed by atoms with van der Waals surface area (Å²) in [6.45, 7) is 11.2. The number of hydrogen-bond donors (Lipinski definition) is 0. The van der Waals surface area contributed by atoms with Crippen LogP contribution < -0.4 is 0 Å². The van der Waals surface area contributed by atoms with Gasteiger partial charge in [0.05, 0.1) is 11.2 Å². The maximum Gasteiger partial charge on any atom is 0.133 e. The molecular formula is C22H28N4. The summed E-state index contributed by atoms with van der Waals surface area (Å²) in [5.74, 6) is 1.45. The van der Waals surface area contributed by atoms with Gasteiger partial charge in [-0.3, -0.25) is 0 Å². The first-order valence-electron chi connectivity index (χ1n) is 9.27. The van der Waals surface area contributed by atoms with Crippen molar-refractivity contribution in [3.8, 4) is 0 Å². The predicted octanol–water partition coefficient (Wildman–Crippen LogP) is 5.78. The third-order valence-corrected chi connectivity index (χ3v) is 4.38. The van der Waals surface area contributed by atoms with E-state index >= 15 is 0 Å². The van der Waals surface area contributed by atoms with Gasteiger partial charge in [-0.25, -0.2) is 4.99 Å². The van der Waals surface area contributed by atoms with Crippen LogP contribution in [0.25, 0.3) is 11.0 Å². The van der Waals surface area contributed by atoms with Crippen molar-refractivity contribution < 1.29 is 0 Å². The van der Waals surface area contributed by atoms with Gasteiger partial charge in [-0.15, -0.1) is 5.10 Å². The molecule has 0 bridgehead atoms. The number of fused-ring (bicyclic) bond motifs is 1. The quantitative estimate of drug-likeness (QED) is 0.443. The molecule has 136 valence electrons. The van der Waals surface area contributed by atoms with E-state index in [0.29, 0.717) is 11.3 Å². The molecule has 0 aliphatic heterocycles. The van der Waals surface area contributed by atoms with E-state index in [1.807, 2.05) is 22.9 Å². The van der Waals surface area contributed by atoms with Crippen LogP contribution in [0.15, 0.2) is 53.5 Å². The van der Waals surface area contributed by atoms with E-state index in [1.165, 1.54) is 5.56 Å². The second-order valence-corrected chi connectivity index (χ2v) is 8.43. The lowest BCUT2D eigenvalue weighted by molar-refractivity contribution is 0.311. The Morgan fingerprint density at radius 1 is 1.08 bits per heavy atom. The number of benzene rings is 2. The maximum absolute atomic E-state index is 4.94. The first kappa shape index (κ1) is 18.3. The number of aryl methyl sites for hydroxylation is 1. The molecule has 0 spiro atoms. The Kier molecular flexibility index (Phi) is 5.21. The zero-order valence-corrected chi connectivity index (χ0v) is 16.4. The van der Waals surface area contributed by atoms with E-state index in [-0.39, 0.29) is 0 Å². The van der Waals surface area contributed by atoms with Crippen LogP contribution >= 0.6 is 0 Å². The van der Waals surface area contributed by atoms with Gasteiger partial charge in [-0.1, -0.05) is 62.7 Å².